The predicted molar refractivity (Wildman–Crippen MR) is 262 cm³/mol. The zero-order valence-electron chi connectivity index (χ0n) is 38.5. The molecule has 0 aliphatic carbocycles. The number of hydrogen-bond acceptors (Lipinski definition) is 3. The largest absolute Gasteiger partial charge is 0.394 e. The van der Waals surface area contributed by atoms with E-state index in [1.165, 1.54) is 109 Å². The first kappa shape index (κ1) is 56.1. The van der Waals surface area contributed by atoms with Crippen molar-refractivity contribution in [1.82, 2.24) is 5.32 Å². The summed E-state index contributed by atoms with van der Waals surface area (Å²) >= 11 is 0. The minimum Gasteiger partial charge on any atom is -0.394 e. The molecule has 2 atom stereocenters. The Morgan fingerprint density at radius 2 is 0.712 bits per heavy atom. The molecular formula is C55H93NO3. The van der Waals surface area contributed by atoms with E-state index in [1.54, 1.807) is 6.08 Å². The fourth-order valence-electron chi connectivity index (χ4n) is 6.81. The summed E-state index contributed by atoms with van der Waals surface area (Å²) in [6.45, 7) is 4.04. The van der Waals surface area contributed by atoms with Crippen LogP contribution in [-0.2, 0) is 4.79 Å². The topological polar surface area (TPSA) is 69.6 Å². The van der Waals surface area contributed by atoms with Crippen LogP contribution in [0.1, 0.15) is 213 Å². The van der Waals surface area contributed by atoms with Crippen LogP contribution in [0.5, 0.6) is 0 Å². The molecule has 0 fully saturated rings. The molecule has 3 N–H and O–H groups in total. The normalized spacial score (nSPS) is 13.9. The molecule has 336 valence electrons. The molecule has 0 radical (unpaired) electrons. The number of nitrogens with one attached hydrogen (secondary N) is 1. The lowest BCUT2D eigenvalue weighted by atomic mass is 10.0. The number of carbonyl (C=O) groups excluding carboxylic acids is 1. The minimum absolute atomic E-state index is 0.0834. The number of unbranched alkanes of at least 4 members (excludes halogenated alkanes) is 20. The van der Waals surface area contributed by atoms with Gasteiger partial charge in [-0.1, -0.05) is 226 Å². The Morgan fingerprint density at radius 1 is 0.407 bits per heavy atom. The van der Waals surface area contributed by atoms with Crippen molar-refractivity contribution in [3.05, 3.63) is 109 Å². The fraction of sp³-hybridized carbons (Fsp3) is 0.655. The van der Waals surface area contributed by atoms with E-state index >= 15 is 0 Å². The van der Waals surface area contributed by atoms with Crippen molar-refractivity contribution in [3.63, 3.8) is 0 Å². The van der Waals surface area contributed by atoms with Crippen molar-refractivity contribution in [1.29, 1.82) is 0 Å². The highest BCUT2D eigenvalue weighted by Gasteiger charge is 2.17. The summed E-state index contributed by atoms with van der Waals surface area (Å²) < 4.78 is 0. The van der Waals surface area contributed by atoms with Gasteiger partial charge >= 0.3 is 0 Å². The van der Waals surface area contributed by atoms with E-state index in [9.17, 15) is 15.0 Å². The van der Waals surface area contributed by atoms with Crippen LogP contribution in [0.4, 0.5) is 0 Å². The van der Waals surface area contributed by atoms with E-state index in [2.05, 4.69) is 116 Å². The molecule has 0 rings (SSSR count). The lowest BCUT2D eigenvalue weighted by Crippen LogP contribution is -2.45. The molecule has 4 nitrogen and oxygen atoms in total. The van der Waals surface area contributed by atoms with Crippen LogP contribution in [0.2, 0.25) is 0 Å². The predicted octanol–water partition coefficient (Wildman–Crippen LogP) is 16.0. The molecule has 2 unspecified atom stereocenters. The zero-order valence-corrected chi connectivity index (χ0v) is 38.5. The van der Waals surface area contributed by atoms with E-state index in [1.807, 2.05) is 6.08 Å². The van der Waals surface area contributed by atoms with Gasteiger partial charge in [-0.15, -0.1) is 0 Å². The standard InChI is InChI=1S/C55H93NO3/c1-3-5-7-9-11-13-15-16-17-18-19-20-21-22-23-24-25-26-27-28-29-30-31-32-33-34-35-36-37-38-39-40-41-43-45-47-49-51-55(59)56-53(52-57)54(58)50-48-46-44-42-14-12-10-8-6-4-2/h5-8,11,13-14,16-17,19-20,22-23,25-26,42,48,50,53-54,57-58H,3-4,9-10,12,15,18,21,24,27-41,43-47,49,51-52H2,1-2H3,(H,56,59)/b7-5-,8-6+,13-11-,17-16-,20-19-,23-22-,26-25-,42-14+,50-48+. The van der Waals surface area contributed by atoms with E-state index in [0.29, 0.717) is 6.42 Å². The fourth-order valence-corrected chi connectivity index (χ4v) is 6.81. The first-order valence-electron chi connectivity index (χ1n) is 24.6. The zero-order chi connectivity index (χ0) is 42.8. The minimum atomic E-state index is -0.872. The van der Waals surface area contributed by atoms with Crippen molar-refractivity contribution in [2.75, 3.05) is 6.61 Å². The van der Waals surface area contributed by atoms with Gasteiger partial charge in [0, 0.05) is 6.42 Å². The smallest absolute Gasteiger partial charge is 0.220 e. The third-order valence-electron chi connectivity index (χ3n) is 10.5. The molecular weight excluding hydrogens is 723 g/mol. The van der Waals surface area contributed by atoms with Gasteiger partial charge in [0.1, 0.15) is 0 Å². The van der Waals surface area contributed by atoms with Gasteiger partial charge in [0.05, 0.1) is 18.8 Å². The van der Waals surface area contributed by atoms with Gasteiger partial charge < -0.3 is 15.5 Å². The van der Waals surface area contributed by atoms with Crippen LogP contribution < -0.4 is 5.32 Å². The first-order valence-corrected chi connectivity index (χ1v) is 24.6. The quantitative estimate of drug-likeness (QED) is 0.0424. The molecule has 0 bridgehead atoms. The van der Waals surface area contributed by atoms with Gasteiger partial charge in [0.2, 0.25) is 5.91 Å². The van der Waals surface area contributed by atoms with Crippen LogP contribution in [-0.4, -0.2) is 34.9 Å². The van der Waals surface area contributed by atoms with Crippen LogP contribution in [0.15, 0.2) is 109 Å². The third-order valence-corrected chi connectivity index (χ3v) is 10.5. The van der Waals surface area contributed by atoms with E-state index < -0.39 is 12.1 Å². The Labute approximate surface area is 366 Å². The second-order valence-corrected chi connectivity index (χ2v) is 16.1. The third kappa shape index (κ3) is 46.0. The van der Waals surface area contributed by atoms with Crippen LogP contribution in [0.3, 0.4) is 0 Å². The highest BCUT2D eigenvalue weighted by atomic mass is 16.3. The lowest BCUT2D eigenvalue weighted by Gasteiger charge is -2.19. The Morgan fingerprint density at radius 3 is 1.12 bits per heavy atom. The Hall–Kier alpha value is -2.95. The highest BCUT2D eigenvalue weighted by molar-refractivity contribution is 5.76. The molecule has 0 aliphatic rings. The first-order chi connectivity index (χ1) is 29.2. The van der Waals surface area contributed by atoms with Gasteiger partial charge in [-0.25, -0.2) is 0 Å². The van der Waals surface area contributed by atoms with Crippen molar-refractivity contribution in [2.45, 2.75) is 225 Å². The maximum absolute atomic E-state index is 12.4. The van der Waals surface area contributed by atoms with Crippen LogP contribution >= 0.6 is 0 Å². The summed E-state index contributed by atoms with van der Waals surface area (Å²) in [4.78, 5) is 12.4. The molecule has 0 aromatic rings. The molecule has 59 heavy (non-hydrogen) atoms. The van der Waals surface area contributed by atoms with Crippen molar-refractivity contribution < 1.29 is 15.0 Å². The summed E-state index contributed by atoms with van der Waals surface area (Å²) in [5, 5.41) is 22.9. The van der Waals surface area contributed by atoms with Crippen molar-refractivity contribution in [2.24, 2.45) is 0 Å². The SMILES string of the molecule is CC/C=C\C/C=C\C/C=C\C/C=C\C/C=C\C/C=C\CCCCCCCCCCCCCCCCCCCCC(=O)NC(CO)C(O)/C=C/CC/C=C/CC/C=C/CC. The van der Waals surface area contributed by atoms with E-state index in [-0.39, 0.29) is 12.5 Å². The molecule has 0 aliphatic heterocycles. The number of allylic oxidation sites excluding steroid dienone is 17. The lowest BCUT2D eigenvalue weighted by molar-refractivity contribution is -0.123. The maximum atomic E-state index is 12.4. The molecule has 0 spiro atoms. The molecule has 0 aromatic heterocycles. The summed E-state index contributed by atoms with van der Waals surface area (Å²) in [6, 6.07) is -0.648. The Bertz CT molecular complexity index is 1150. The van der Waals surface area contributed by atoms with Gasteiger partial charge in [0.25, 0.3) is 0 Å². The number of carbonyl (C=O) groups is 1. The highest BCUT2D eigenvalue weighted by Crippen LogP contribution is 2.15. The summed E-state index contributed by atoms with van der Waals surface area (Å²) in [7, 11) is 0. The monoisotopic (exact) mass is 816 g/mol. The number of amides is 1. The van der Waals surface area contributed by atoms with Gasteiger partial charge in [0.15, 0.2) is 0 Å². The summed E-state index contributed by atoms with van der Waals surface area (Å²) in [6.07, 6.45) is 75.3. The second kappa shape index (κ2) is 49.4. The number of aliphatic hydroxyl groups is 2. The molecule has 0 saturated carbocycles. The Balaban J connectivity index is 3.49. The molecule has 0 heterocycles. The molecule has 0 aromatic carbocycles. The number of rotatable bonds is 43. The Kier molecular flexibility index (Phi) is 46.9. The van der Waals surface area contributed by atoms with Crippen LogP contribution in [0, 0.1) is 0 Å². The van der Waals surface area contributed by atoms with E-state index in [0.717, 1.165) is 83.5 Å². The maximum Gasteiger partial charge on any atom is 0.220 e. The molecule has 1 amide bonds. The number of aliphatic hydroxyl groups excluding tert-OH is 2. The second-order valence-electron chi connectivity index (χ2n) is 16.1. The van der Waals surface area contributed by atoms with Crippen molar-refractivity contribution >= 4 is 5.91 Å². The molecule has 4 heteroatoms. The van der Waals surface area contributed by atoms with Gasteiger partial charge in [-0.3, -0.25) is 4.79 Å². The summed E-state index contributed by atoms with van der Waals surface area (Å²) in [5.41, 5.74) is 0. The van der Waals surface area contributed by atoms with Crippen LogP contribution in [0.25, 0.3) is 0 Å². The molecule has 0 saturated heterocycles. The van der Waals surface area contributed by atoms with Crippen molar-refractivity contribution in [3.8, 4) is 0 Å². The number of hydrogen-bond donors (Lipinski definition) is 3. The van der Waals surface area contributed by atoms with Gasteiger partial charge in [-0.2, -0.15) is 0 Å². The average molecular weight is 816 g/mol. The van der Waals surface area contributed by atoms with E-state index in [4.69, 9.17) is 0 Å². The summed E-state index contributed by atoms with van der Waals surface area (Å²) in [5.74, 6) is -0.0834. The average Bonchev–Trinajstić information content (AvgIpc) is 3.24. The van der Waals surface area contributed by atoms with Gasteiger partial charge in [-0.05, 0) is 89.9 Å².